The van der Waals surface area contributed by atoms with Crippen molar-refractivity contribution in [2.75, 3.05) is 13.7 Å². The Morgan fingerprint density at radius 3 is 2.79 bits per heavy atom. The number of aromatic nitrogens is 2. The van der Waals surface area contributed by atoms with E-state index in [2.05, 4.69) is 31.4 Å². The zero-order valence-corrected chi connectivity index (χ0v) is 14.0. The lowest BCUT2D eigenvalue weighted by atomic mass is 10.3. The molecule has 10 heteroatoms. The Bertz CT molecular complexity index is 846. The Hall–Kier alpha value is -2.88. The van der Waals surface area contributed by atoms with E-state index in [4.69, 9.17) is 9.47 Å². The van der Waals surface area contributed by atoms with Crippen molar-refractivity contribution in [3.8, 4) is 11.5 Å². The summed E-state index contributed by atoms with van der Waals surface area (Å²) >= 11 is 3.30. The quantitative estimate of drug-likeness (QED) is 0.480. The highest BCUT2D eigenvalue weighted by Gasteiger charge is 2.06. The van der Waals surface area contributed by atoms with Crippen LogP contribution >= 0.6 is 15.9 Å². The van der Waals surface area contributed by atoms with Gasteiger partial charge < -0.3 is 14.5 Å². The van der Waals surface area contributed by atoms with Crippen LogP contribution in [0, 0.1) is 0 Å². The number of rotatable bonds is 6. The molecule has 0 fully saturated rings. The molecular weight excluding hydrogens is 384 g/mol. The molecule has 24 heavy (non-hydrogen) atoms. The molecule has 0 atom stereocenters. The van der Waals surface area contributed by atoms with Gasteiger partial charge in [-0.05, 0) is 34.1 Å². The van der Waals surface area contributed by atoms with Gasteiger partial charge >= 0.3 is 5.69 Å². The van der Waals surface area contributed by atoms with Gasteiger partial charge in [0.2, 0.25) is 0 Å². The van der Waals surface area contributed by atoms with Crippen LogP contribution in [-0.4, -0.2) is 35.8 Å². The highest BCUT2D eigenvalue weighted by atomic mass is 79.9. The number of ether oxygens (including phenoxy) is 2. The Kier molecular flexibility index (Phi) is 5.90. The number of aromatic amines is 2. The van der Waals surface area contributed by atoms with E-state index in [-0.39, 0.29) is 12.3 Å². The predicted molar refractivity (Wildman–Crippen MR) is 89.6 cm³/mol. The smallest absolute Gasteiger partial charge is 0.326 e. The second-order valence-electron chi connectivity index (χ2n) is 4.42. The Morgan fingerprint density at radius 2 is 2.12 bits per heavy atom. The van der Waals surface area contributed by atoms with Gasteiger partial charge in [-0.1, -0.05) is 0 Å². The normalized spacial score (nSPS) is 10.6. The summed E-state index contributed by atoms with van der Waals surface area (Å²) in [5.41, 5.74) is 1.13. The summed E-state index contributed by atoms with van der Waals surface area (Å²) in [5, 5.41) is 3.63. The molecule has 3 N–H and O–H groups in total. The lowest BCUT2D eigenvalue weighted by molar-refractivity contribution is -0.123. The molecule has 0 aliphatic carbocycles. The number of nitrogens with zero attached hydrogens (tertiary/aromatic N) is 1. The van der Waals surface area contributed by atoms with Crippen LogP contribution < -0.4 is 26.1 Å². The van der Waals surface area contributed by atoms with Crippen LogP contribution in [0.1, 0.15) is 5.69 Å². The summed E-state index contributed by atoms with van der Waals surface area (Å²) in [4.78, 5) is 38.1. The van der Waals surface area contributed by atoms with Gasteiger partial charge in [0.25, 0.3) is 11.5 Å². The van der Waals surface area contributed by atoms with Crippen molar-refractivity contribution in [3.63, 3.8) is 0 Å². The van der Waals surface area contributed by atoms with Crippen molar-refractivity contribution in [1.29, 1.82) is 0 Å². The molecule has 1 aromatic heterocycles. The topological polar surface area (TPSA) is 126 Å². The van der Waals surface area contributed by atoms with Crippen molar-refractivity contribution in [1.82, 2.24) is 15.4 Å². The van der Waals surface area contributed by atoms with Crippen LogP contribution in [0.5, 0.6) is 11.5 Å². The molecule has 1 amide bonds. The third-order valence-electron chi connectivity index (χ3n) is 2.67. The van der Waals surface area contributed by atoms with Gasteiger partial charge in [0.15, 0.2) is 6.61 Å². The van der Waals surface area contributed by atoms with E-state index in [1.54, 1.807) is 25.3 Å². The lowest BCUT2D eigenvalue weighted by Crippen LogP contribution is -2.26. The second-order valence-corrected chi connectivity index (χ2v) is 5.28. The number of hydrazone groups is 1. The number of methoxy groups -OCH3 is 1. The summed E-state index contributed by atoms with van der Waals surface area (Å²) in [6.07, 6.45) is 1.14. The maximum atomic E-state index is 11.6. The fourth-order valence-corrected chi connectivity index (χ4v) is 2.10. The average molecular weight is 397 g/mol. The second kappa shape index (κ2) is 8.11. The maximum absolute atomic E-state index is 11.6. The highest BCUT2D eigenvalue weighted by molar-refractivity contribution is 9.10. The first-order valence-corrected chi connectivity index (χ1v) is 7.39. The molecule has 2 rings (SSSR count). The van der Waals surface area contributed by atoms with E-state index in [0.717, 1.165) is 12.3 Å². The third-order valence-corrected chi connectivity index (χ3v) is 3.29. The molecule has 0 aliphatic heterocycles. The fraction of sp³-hybridized carbons (Fsp3) is 0.143. The number of hydrogen-bond donors (Lipinski definition) is 3. The Morgan fingerprint density at radius 1 is 1.33 bits per heavy atom. The first kappa shape index (κ1) is 17.5. The maximum Gasteiger partial charge on any atom is 0.326 e. The molecular formula is C14H13BrN4O5. The molecule has 0 bridgehead atoms. The zero-order chi connectivity index (χ0) is 17.5. The molecule has 0 saturated carbocycles. The van der Waals surface area contributed by atoms with E-state index in [1.165, 1.54) is 0 Å². The molecule has 0 spiro atoms. The minimum atomic E-state index is -0.664. The average Bonchev–Trinajstić information content (AvgIpc) is 2.52. The molecule has 0 radical (unpaired) electrons. The molecule has 2 aromatic rings. The van der Waals surface area contributed by atoms with E-state index in [0.29, 0.717) is 16.0 Å². The zero-order valence-electron chi connectivity index (χ0n) is 12.5. The first-order chi connectivity index (χ1) is 11.5. The number of amides is 1. The van der Waals surface area contributed by atoms with E-state index < -0.39 is 17.2 Å². The van der Waals surface area contributed by atoms with Gasteiger partial charge in [0.05, 0.1) is 23.5 Å². The van der Waals surface area contributed by atoms with Crippen LogP contribution in [0.4, 0.5) is 0 Å². The summed E-state index contributed by atoms with van der Waals surface area (Å²) in [5.74, 6) is 0.602. The summed E-state index contributed by atoms with van der Waals surface area (Å²) in [6.45, 7) is -0.270. The highest BCUT2D eigenvalue weighted by Crippen LogP contribution is 2.28. The lowest BCUT2D eigenvalue weighted by Gasteiger charge is -2.08. The standard InChI is InChI=1S/C14H13BrN4O5/c1-23-9-2-3-11(10(15)5-9)24-7-13(21)19-16-6-8-4-12(20)18-14(22)17-8/h2-6H,7H2,1H3,(H,19,21)(H2,17,18,20,22)/b16-6+. The Balaban J connectivity index is 1.88. The van der Waals surface area contributed by atoms with Crippen molar-refractivity contribution in [3.05, 3.63) is 55.3 Å². The number of benzene rings is 1. The molecule has 126 valence electrons. The summed E-state index contributed by atoms with van der Waals surface area (Å²) in [7, 11) is 1.54. The van der Waals surface area contributed by atoms with Crippen LogP contribution in [0.2, 0.25) is 0 Å². The monoisotopic (exact) mass is 396 g/mol. The fourth-order valence-electron chi connectivity index (χ4n) is 1.63. The van der Waals surface area contributed by atoms with Gasteiger partial charge in [-0.2, -0.15) is 5.10 Å². The van der Waals surface area contributed by atoms with E-state index in [1.807, 2.05) is 4.98 Å². The van der Waals surface area contributed by atoms with Crippen LogP contribution in [0.15, 0.2) is 43.4 Å². The minimum Gasteiger partial charge on any atom is -0.497 e. The number of carbonyl (C=O) groups excluding carboxylic acids is 1. The molecule has 0 saturated heterocycles. The molecule has 1 aromatic carbocycles. The minimum absolute atomic E-state index is 0.155. The van der Waals surface area contributed by atoms with Gasteiger partial charge in [-0.3, -0.25) is 14.6 Å². The number of halogens is 1. The van der Waals surface area contributed by atoms with Crippen molar-refractivity contribution < 1.29 is 14.3 Å². The summed E-state index contributed by atoms with van der Waals surface area (Å²) in [6, 6.07) is 6.18. The third kappa shape index (κ3) is 5.09. The molecule has 9 nitrogen and oxygen atoms in total. The SMILES string of the molecule is COc1ccc(OCC(=O)N/N=C/c2cc(=O)[nH]c(=O)[nH]2)c(Br)c1. The van der Waals surface area contributed by atoms with Crippen molar-refractivity contribution >= 4 is 28.1 Å². The number of carbonyl (C=O) groups is 1. The largest absolute Gasteiger partial charge is 0.497 e. The van der Waals surface area contributed by atoms with Gasteiger partial charge in [-0.15, -0.1) is 0 Å². The number of nitrogens with one attached hydrogen (secondary N) is 3. The number of H-pyrrole nitrogens is 2. The van der Waals surface area contributed by atoms with E-state index >= 15 is 0 Å². The van der Waals surface area contributed by atoms with Crippen molar-refractivity contribution in [2.45, 2.75) is 0 Å². The molecule has 0 aliphatic rings. The Labute approximate surface area is 143 Å². The van der Waals surface area contributed by atoms with Crippen LogP contribution in [-0.2, 0) is 4.79 Å². The summed E-state index contributed by atoms with van der Waals surface area (Å²) < 4.78 is 11.0. The van der Waals surface area contributed by atoms with Crippen LogP contribution in [0.25, 0.3) is 0 Å². The van der Waals surface area contributed by atoms with Crippen molar-refractivity contribution in [2.24, 2.45) is 5.10 Å². The molecule has 1 heterocycles. The van der Waals surface area contributed by atoms with Gasteiger partial charge in [0.1, 0.15) is 11.5 Å². The molecule has 0 unspecified atom stereocenters. The van der Waals surface area contributed by atoms with E-state index in [9.17, 15) is 14.4 Å². The van der Waals surface area contributed by atoms with Gasteiger partial charge in [0, 0.05) is 6.07 Å². The van der Waals surface area contributed by atoms with Gasteiger partial charge in [-0.25, -0.2) is 10.2 Å². The van der Waals surface area contributed by atoms with Crippen LogP contribution in [0.3, 0.4) is 0 Å². The first-order valence-electron chi connectivity index (χ1n) is 6.60. The number of hydrogen-bond acceptors (Lipinski definition) is 6. The predicted octanol–water partition coefficient (Wildman–Crippen LogP) is 0.363.